The monoisotopic (exact) mass is 204 g/mol. The van der Waals surface area contributed by atoms with E-state index in [2.05, 4.69) is 4.98 Å². The highest BCUT2D eigenvalue weighted by atomic mass is 35.5. The summed E-state index contributed by atoms with van der Waals surface area (Å²) < 4.78 is 1.93. The van der Waals surface area contributed by atoms with Crippen LogP contribution in [-0.2, 0) is 0 Å². The summed E-state index contributed by atoms with van der Waals surface area (Å²) in [4.78, 5) is 14.9. The van der Waals surface area contributed by atoms with E-state index in [0.717, 1.165) is 22.8 Å². The third kappa shape index (κ3) is 0.775. The van der Waals surface area contributed by atoms with Crippen molar-refractivity contribution in [1.29, 1.82) is 0 Å². The first-order chi connectivity index (χ1) is 6.81. The van der Waals surface area contributed by atoms with Gasteiger partial charge in [-0.05, 0) is 12.1 Å². The molecular weight excluding hydrogens is 200 g/mol. The molecule has 3 heterocycles. The van der Waals surface area contributed by atoms with Crippen LogP contribution in [-0.4, -0.2) is 15.7 Å². The molecular formula is C10H5ClN2O. The highest BCUT2D eigenvalue weighted by Gasteiger charge is 2.13. The molecule has 68 valence electrons. The molecule has 0 aliphatic carbocycles. The van der Waals surface area contributed by atoms with Gasteiger partial charge in [-0.25, -0.2) is 0 Å². The normalized spacial score (nSPS) is 11.5. The number of aldehydes is 1. The Balaban J connectivity index is 2.70. The van der Waals surface area contributed by atoms with Crippen LogP contribution in [0, 0.1) is 0 Å². The van der Waals surface area contributed by atoms with Crippen molar-refractivity contribution < 1.29 is 4.79 Å². The molecule has 0 spiro atoms. The maximum absolute atomic E-state index is 10.8. The summed E-state index contributed by atoms with van der Waals surface area (Å²) in [7, 11) is 0. The van der Waals surface area contributed by atoms with E-state index in [9.17, 15) is 4.79 Å². The largest absolute Gasteiger partial charge is 0.305 e. The number of carbonyl (C=O) groups excluding carboxylic acids is 1. The van der Waals surface area contributed by atoms with E-state index in [1.54, 1.807) is 18.5 Å². The summed E-state index contributed by atoms with van der Waals surface area (Å²) in [6.07, 6.45) is 4.25. The summed E-state index contributed by atoms with van der Waals surface area (Å²) in [5, 5.41) is 0.593. The standard InChI is InChI=1S/C10H5ClN2O/c11-9-2-8-4-12-3-7-1-6(5-14)10(9)13(7)8/h1-5H. The second-order valence-corrected chi connectivity index (χ2v) is 3.56. The fourth-order valence-electron chi connectivity index (χ4n) is 1.81. The average Bonchev–Trinajstić information content (AvgIpc) is 2.71. The second-order valence-electron chi connectivity index (χ2n) is 3.15. The predicted octanol–water partition coefficient (Wildman–Crippen LogP) is 2.39. The first-order valence-corrected chi connectivity index (χ1v) is 4.51. The van der Waals surface area contributed by atoms with Gasteiger partial charge in [0.05, 0.1) is 34.0 Å². The lowest BCUT2D eigenvalue weighted by Gasteiger charge is -1.92. The van der Waals surface area contributed by atoms with Gasteiger partial charge in [0, 0.05) is 5.56 Å². The lowest BCUT2D eigenvalue weighted by Crippen LogP contribution is -1.82. The van der Waals surface area contributed by atoms with Crippen LogP contribution < -0.4 is 0 Å². The van der Waals surface area contributed by atoms with Crippen molar-refractivity contribution in [2.24, 2.45) is 0 Å². The average molecular weight is 205 g/mol. The number of hydrogen-bond acceptors (Lipinski definition) is 2. The first kappa shape index (κ1) is 7.76. The zero-order chi connectivity index (χ0) is 9.71. The minimum absolute atomic E-state index is 0.593. The molecule has 0 aliphatic heterocycles. The lowest BCUT2D eigenvalue weighted by molar-refractivity contribution is 0.112. The van der Waals surface area contributed by atoms with Crippen molar-refractivity contribution >= 4 is 34.4 Å². The minimum Gasteiger partial charge on any atom is -0.305 e. The zero-order valence-electron chi connectivity index (χ0n) is 7.07. The van der Waals surface area contributed by atoms with Crippen molar-refractivity contribution in [3.8, 4) is 0 Å². The summed E-state index contributed by atoms with van der Waals surface area (Å²) in [5.41, 5.74) is 3.19. The van der Waals surface area contributed by atoms with E-state index in [4.69, 9.17) is 11.6 Å². The van der Waals surface area contributed by atoms with Crippen LogP contribution in [0.25, 0.3) is 16.6 Å². The van der Waals surface area contributed by atoms with Gasteiger partial charge in [-0.15, -0.1) is 0 Å². The fraction of sp³-hybridized carbons (Fsp3) is 0. The fourth-order valence-corrected chi connectivity index (χ4v) is 2.11. The van der Waals surface area contributed by atoms with Crippen LogP contribution in [0.4, 0.5) is 0 Å². The Kier molecular flexibility index (Phi) is 1.36. The molecule has 14 heavy (non-hydrogen) atoms. The van der Waals surface area contributed by atoms with Gasteiger partial charge in [0.2, 0.25) is 0 Å². The Morgan fingerprint density at radius 3 is 2.71 bits per heavy atom. The van der Waals surface area contributed by atoms with Crippen molar-refractivity contribution in [2.75, 3.05) is 0 Å². The quantitative estimate of drug-likeness (QED) is 0.571. The van der Waals surface area contributed by atoms with Crippen LogP contribution in [0.15, 0.2) is 24.5 Å². The molecule has 0 radical (unpaired) electrons. The molecule has 0 saturated heterocycles. The van der Waals surface area contributed by atoms with Crippen molar-refractivity contribution in [3.05, 3.63) is 35.1 Å². The predicted molar refractivity (Wildman–Crippen MR) is 54.3 cm³/mol. The second kappa shape index (κ2) is 2.45. The van der Waals surface area contributed by atoms with Crippen molar-refractivity contribution in [3.63, 3.8) is 0 Å². The molecule has 0 N–H and O–H groups in total. The van der Waals surface area contributed by atoms with Gasteiger partial charge in [0.25, 0.3) is 0 Å². The van der Waals surface area contributed by atoms with Gasteiger partial charge < -0.3 is 4.40 Å². The first-order valence-electron chi connectivity index (χ1n) is 4.13. The van der Waals surface area contributed by atoms with Crippen LogP contribution in [0.5, 0.6) is 0 Å². The van der Waals surface area contributed by atoms with Gasteiger partial charge in [-0.2, -0.15) is 0 Å². The Morgan fingerprint density at radius 1 is 1.29 bits per heavy atom. The van der Waals surface area contributed by atoms with Crippen molar-refractivity contribution in [1.82, 2.24) is 9.38 Å². The molecule has 0 amide bonds. The Bertz CT molecular complexity index is 629. The van der Waals surface area contributed by atoms with Crippen LogP contribution in [0.2, 0.25) is 5.02 Å². The maximum atomic E-state index is 10.8. The molecule has 0 bridgehead atoms. The summed E-state index contributed by atoms with van der Waals surface area (Å²) in [6, 6.07) is 3.60. The molecule has 0 unspecified atom stereocenters. The van der Waals surface area contributed by atoms with Crippen LogP contribution in [0.3, 0.4) is 0 Å². The van der Waals surface area contributed by atoms with E-state index in [-0.39, 0.29) is 0 Å². The third-order valence-corrected chi connectivity index (χ3v) is 2.65. The maximum Gasteiger partial charge on any atom is 0.152 e. The van der Waals surface area contributed by atoms with Gasteiger partial charge in [0.15, 0.2) is 6.29 Å². The van der Waals surface area contributed by atoms with E-state index in [0.29, 0.717) is 10.6 Å². The summed E-state index contributed by atoms with van der Waals surface area (Å²) in [5.74, 6) is 0. The number of rotatable bonds is 1. The molecule has 0 saturated carbocycles. The van der Waals surface area contributed by atoms with Gasteiger partial charge in [0.1, 0.15) is 0 Å². The SMILES string of the molecule is O=Cc1cc2cncc3cc(Cl)c1n32. The van der Waals surface area contributed by atoms with Gasteiger partial charge in [-0.1, -0.05) is 11.6 Å². The van der Waals surface area contributed by atoms with E-state index in [1.165, 1.54) is 0 Å². The Morgan fingerprint density at radius 2 is 2.00 bits per heavy atom. The Labute approximate surface area is 84.3 Å². The highest BCUT2D eigenvalue weighted by molar-refractivity contribution is 6.35. The van der Waals surface area contributed by atoms with E-state index in [1.807, 2.05) is 10.5 Å². The molecule has 3 aromatic heterocycles. The lowest BCUT2D eigenvalue weighted by atomic mass is 10.3. The Hall–Kier alpha value is -1.61. The molecule has 0 aliphatic rings. The smallest absolute Gasteiger partial charge is 0.152 e. The number of halogens is 1. The third-order valence-electron chi connectivity index (χ3n) is 2.36. The number of nitrogens with zero attached hydrogens (tertiary/aromatic N) is 2. The summed E-state index contributed by atoms with van der Waals surface area (Å²) in [6.45, 7) is 0. The molecule has 3 rings (SSSR count). The molecule has 0 fully saturated rings. The zero-order valence-corrected chi connectivity index (χ0v) is 7.82. The number of hydrogen-bond donors (Lipinski definition) is 0. The molecule has 4 heteroatoms. The topological polar surface area (TPSA) is 34.4 Å². The molecule has 3 aromatic rings. The highest BCUT2D eigenvalue weighted by Crippen LogP contribution is 2.29. The molecule has 3 nitrogen and oxygen atoms in total. The molecule has 0 atom stereocenters. The van der Waals surface area contributed by atoms with Gasteiger partial charge >= 0.3 is 0 Å². The van der Waals surface area contributed by atoms with Gasteiger partial charge in [-0.3, -0.25) is 9.78 Å². The van der Waals surface area contributed by atoms with Crippen LogP contribution in [0.1, 0.15) is 10.4 Å². The van der Waals surface area contributed by atoms with E-state index >= 15 is 0 Å². The molecule has 0 aromatic carbocycles. The van der Waals surface area contributed by atoms with E-state index < -0.39 is 0 Å². The number of aromatic nitrogens is 2. The van der Waals surface area contributed by atoms with Crippen LogP contribution >= 0.6 is 11.6 Å². The number of carbonyl (C=O) groups is 1. The van der Waals surface area contributed by atoms with Crippen molar-refractivity contribution in [2.45, 2.75) is 0 Å². The minimum atomic E-state index is 0.593. The summed E-state index contributed by atoms with van der Waals surface area (Å²) >= 11 is 6.03.